The van der Waals surface area contributed by atoms with Crippen molar-refractivity contribution in [2.24, 2.45) is 7.05 Å². The standard InChI is InChI=1S/C12H19N3O2/c1-9-12(10(2)14(3)13-9)7-15-4-5-17-11(6-15)8-16/h8,11H,4-7H2,1-3H3. The van der Waals surface area contributed by atoms with Crippen molar-refractivity contribution in [3.05, 3.63) is 17.0 Å². The Morgan fingerprint density at radius 3 is 2.88 bits per heavy atom. The first-order valence-electron chi connectivity index (χ1n) is 5.90. The van der Waals surface area contributed by atoms with Crippen LogP contribution in [0.3, 0.4) is 0 Å². The third-order valence-corrected chi connectivity index (χ3v) is 3.37. The molecule has 0 saturated carbocycles. The summed E-state index contributed by atoms with van der Waals surface area (Å²) in [6, 6.07) is 0. The number of hydrogen-bond donors (Lipinski definition) is 0. The van der Waals surface area contributed by atoms with E-state index in [0.717, 1.165) is 25.1 Å². The zero-order valence-electron chi connectivity index (χ0n) is 10.6. The Bertz CT molecular complexity index is 414. The number of aryl methyl sites for hydroxylation is 2. The van der Waals surface area contributed by atoms with E-state index in [1.165, 1.54) is 11.3 Å². The molecule has 0 N–H and O–H groups in total. The molecule has 1 fully saturated rings. The van der Waals surface area contributed by atoms with E-state index in [1.807, 2.05) is 18.7 Å². The number of aldehydes is 1. The maximum absolute atomic E-state index is 10.7. The van der Waals surface area contributed by atoms with E-state index in [-0.39, 0.29) is 6.10 Å². The van der Waals surface area contributed by atoms with Gasteiger partial charge in [-0.05, 0) is 13.8 Å². The fourth-order valence-corrected chi connectivity index (χ4v) is 2.23. The zero-order valence-corrected chi connectivity index (χ0v) is 10.6. The summed E-state index contributed by atoms with van der Waals surface area (Å²) in [6.45, 7) is 7.13. The smallest absolute Gasteiger partial charge is 0.150 e. The van der Waals surface area contributed by atoms with E-state index in [2.05, 4.69) is 16.9 Å². The predicted octanol–water partition coefficient (Wildman–Crippen LogP) is 0.437. The van der Waals surface area contributed by atoms with Gasteiger partial charge in [-0.1, -0.05) is 0 Å². The van der Waals surface area contributed by atoms with Crippen LogP contribution in [0.1, 0.15) is 17.0 Å². The first-order valence-corrected chi connectivity index (χ1v) is 5.90. The Morgan fingerprint density at radius 2 is 2.29 bits per heavy atom. The van der Waals surface area contributed by atoms with Gasteiger partial charge in [0, 0.05) is 37.9 Å². The van der Waals surface area contributed by atoms with Gasteiger partial charge in [0.05, 0.1) is 12.3 Å². The maximum atomic E-state index is 10.7. The lowest BCUT2D eigenvalue weighted by Gasteiger charge is -2.30. The van der Waals surface area contributed by atoms with Crippen LogP contribution in [-0.2, 0) is 23.1 Å². The minimum atomic E-state index is -0.277. The second-order valence-corrected chi connectivity index (χ2v) is 4.55. The molecule has 1 saturated heterocycles. The van der Waals surface area contributed by atoms with E-state index in [1.54, 1.807) is 0 Å². The summed E-state index contributed by atoms with van der Waals surface area (Å²) in [7, 11) is 1.96. The van der Waals surface area contributed by atoms with Gasteiger partial charge in [0.15, 0.2) is 0 Å². The van der Waals surface area contributed by atoms with Gasteiger partial charge < -0.3 is 9.53 Å². The molecule has 0 bridgehead atoms. The van der Waals surface area contributed by atoms with E-state index in [4.69, 9.17) is 4.74 Å². The monoisotopic (exact) mass is 237 g/mol. The van der Waals surface area contributed by atoms with Gasteiger partial charge in [0.25, 0.3) is 0 Å². The van der Waals surface area contributed by atoms with E-state index in [9.17, 15) is 4.79 Å². The number of ether oxygens (including phenoxy) is 1. The van der Waals surface area contributed by atoms with Gasteiger partial charge >= 0.3 is 0 Å². The summed E-state index contributed by atoms with van der Waals surface area (Å²) >= 11 is 0. The number of carbonyl (C=O) groups excluding carboxylic acids is 1. The van der Waals surface area contributed by atoms with Crippen molar-refractivity contribution >= 4 is 6.29 Å². The number of aromatic nitrogens is 2. The van der Waals surface area contributed by atoms with Crippen molar-refractivity contribution in [3.8, 4) is 0 Å². The lowest BCUT2D eigenvalue weighted by Crippen LogP contribution is -2.42. The molecule has 1 atom stereocenters. The van der Waals surface area contributed by atoms with Crippen LogP contribution >= 0.6 is 0 Å². The van der Waals surface area contributed by atoms with Crippen molar-refractivity contribution < 1.29 is 9.53 Å². The molecular formula is C12H19N3O2. The van der Waals surface area contributed by atoms with Gasteiger partial charge in [-0.25, -0.2) is 0 Å². The Kier molecular flexibility index (Phi) is 3.59. The SMILES string of the molecule is Cc1nn(C)c(C)c1CN1CCOC(C=O)C1. The van der Waals surface area contributed by atoms with Gasteiger partial charge in [0.1, 0.15) is 12.4 Å². The molecule has 0 spiro atoms. The molecule has 0 aromatic carbocycles. The molecule has 5 nitrogen and oxygen atoms in total. The van der Waals surface area contributed by atoms with Crippen molar-refractivity contribution in [1.29, 1.82) is 0 Å². The molecule has 0 aliphatic carbocycles. The molecule has 1 aliphatic heterocycles. The Balaban J connectivity index is 2.07. The highest BCUT2D eigenvalue weighted by Gasteiger charge is 2.21. The molecule has 1 aromatic heterocycles. The molecule has 94 valence electrons. The normalized spacial score (nSPS) is 21.7. The minimum absolute atomic E-state index is 0.277. The van der Waals surface area contributed by atoms with Crippen molar-refractivity contribution in [2.45, 2.75) is 26.5 Å². The number of carbonyl (C=O) groups is 1. The summed E-state index contributed by atoms with van der Waals surface area (Å²) in [6.07, 6.45) is 0.607. The summed E-state index contributed by atoms with van der Waals surface area (Å²) in [4.78, 5) is 13.0. The average molecular weight is 237 g/mol. The number of morpholine rings is 1. The van der Waals surface area contributed by atoms with Crippen molar-refractivity contribution in [1.82, 2.24) is 14.7 Å². The molecule has 1 aromatic rings. The van der Waals surface area contributed by atoms with Gasteiger partial charge in [-0.15, -0.1) is 0 Å². The predicted molar refractivity (Wildman–Crippen MR) is 63.8 cm³/mol. The third-order valence-electron chi connectivity index (χ3n) is 3.37. The quantitative estimate of drug-likeness (QED) is 0.716. The first-order chi connectivity index (χ1) is 8.11. The van der Waals surface area contributed by atoms with E-state index in [0.29, 0.717) is 13.2 Å². The van der Waals surface area contributed by atoms with E-state index >= 15 is 0 Å². The molecule has 1 aliphatic rings. The minimum Gasteiger partial charge on any atom is -0.368 e. The van der Waals surface area contributed by atoms with E-state index < -0.39 is 0 Å². The largest absolute Gasteiger partial charge is 0.368 e. The van der Waals surface area contributed by atoms with Crippen LogP contribution in [0.2, 0.25) is 0 Å². The molecule has 1 unspecified atom stereocenters. The second-order valence-electron chi connectivity index (χ2n) is 4.55. The third kappa shape index (κ3) is 2.56. The summed E-state index contributed by atoms with van der Waals surface area (Å²) in [5.41, 5.74) is 3.52. The highest BCUT2D eigenvalue weighted by molar-refractivity contribution is 5.56. The van der Waals surface area contributed by atoms with Gasteiger partial charge in [-0.2, -0.15) is 5.10 Å². The van der Waals surface area contributed by atoms with Crippen LogP contribution in [0.25, 0.3) is 0 Å². The number of hydrogen-bond acceptors (Lipinski definition) is 4. The lowest BCUT2D eigenvalue weighted by molar-refractivity contribution is -0.123. The molecule has 0 radical (unpaired) electrons. The van der Waals surface area contributed by atoms with Crippen LogP contribution in [0.15, 0.2) is 0 Å². The average Bonchev–Trinajstić information content (AvgIpc) is 2.56. The molecule has 17 heavy (non-hydrogen) atoms. The first kappa shape index (κ1) is 12.3. The molecule has 0 amide bonds. The summed E-state index contributed by atoms with van der Waals surface area (Å²) < 4.78 is 7.24. The van der Waals surface area contributed by atoms with Crippen LogP contribution in [0.5, 0.6) is 0 Å². The fraction of sp³-hybridized carbons (Fsp3) is 0.667. The highest BCUT2D eigenvalue weighted by Crippen LogP contribution is 2.16. The van der Waals surface area contributed by atoms with Crippen LogP contribution < -0.4 is 0 Å². The van der Waals surface area contributed by atoms with Gasteiger partial charge in [0.2, 0.25) is 0 Å². The van der Waals surface area contributed by atoms with Crippen LogP contribution in [0.4, 0.5) is 0 Å². The highest BCUT2D eigenvalue weighted by atomic mass is 16.5. The van der Waals surface area contributed by atoms with Crippen molar-refractivity contribution in [3.63, 3.8) is 0 Å². The maximum Gasteiger partial charge on any atom is 0.150 e. The fourth-order valence-electron chi connectivity index (χ4n) is 2.23. The van der Waals surface area contributed by atoms with Gasteiger partial charge in [-0.3, -0.25) is 9.58 Å². The number of nitrogens with zero attached hydrogens (tertiary/aromatic N) is 3. The van der Waals surface area contributed by atoms with Crippen LogP contribution in [-0.4, -0.2) is 46.8 Å². The summed E-state index contributed by atoms with van der Waals surface area (Å²) in [5, 5.41) is 4.40. The Labute approximate surface area is 101 Å². The zero-order chi connectivity index (χ0) is 12.4. The lowest BCUT2D eigenvalue weighted by atomic mass is 10.1. The topological polar surface area (TPSA) is 47.4 Å². The molecule has 5 heteroatoms. The Morgan fingerprint density at radius 1 is 1.53 bits per heavy atom. The molecular weight excluding hydrogens is 218 g/mol. The molecule has 2 heterocycles. The van der Waals surface area contributed by atoms with Crippen LogP contribution in [0, 0.1) is 13.8 Å². The van der Waals surface area contributed by atoms with Crippen molar-refractivity contribution in [2.75, 3.05) is 19.7 Å². The number of rotatable bonds is 3. The molecule has 2 rings (SSSR count). The summed E-state index contributed by atoms with van der Waals surface area (Å²) in [5.74, 6) is 0. The second kappa shape index (κ2) is 4.98. The Hall–Kier alpha value is -1.20.